The minimum absolute atomic E-state index is 0. The summed E-state index contributed by atoms with van der Waals surface area (Å²) in [5.41, 5.74) is 1.74. The molecule has 0 fully saturated rings. The number of anilines is 1. The zero-order valence-corrected chi connectivity index (χ0v) is 33.7. The second-order valence-corrected chi connectivity index (χ2v) is 14.9. The van der Waals surface area contributed by atoms with E-state index in [-0.39, 0.29) is 46.8 Å². The number of aliphatic hydroxyl groups excluding tert-OH is 1. The number of nitrogens with zero attached hydrogens (tertiary/aromatic N) is 2. The predicted molar refractivity (Wildman–Crippen MR) is 199 cm³/mol. The minimum atomic E-state index is -0.533. The Morgan fingerprint density at radius 2 is 1.09 bits per heavy atom. The highest BCUT2D eigenvalue weighted by Crippen LogP contribution is 2.50. The topological polar surface area (TPSA) is 87.6 Å². The van der Waals surface area contributed by atoms with Gasteiger partial charge in [0.05, 0.1) is 39.2 Å². The summed E-state index contributed by atoms with van der Waals surface area (Å²) >= 11 is 27.6. The van der Waals surface area contributed by atoms with Gasteiger partial charge < -0.3 is 5.11 Å². The fraction of sp³-hybridized carbons (Fsp3) is 0.103. The fourth-order valence-corrected chi connectivity index (χ4v) is 9.62. The van der Waals surface area contributed by atoms with E-state index in [0.29, 0.717) is 52.2 Å². The maximum Gasteiger partial charge on any atom is 0.267 e. The number of aromatic nitrogens is 1. The second-order valence-electron chi connectivity index (χ2n) is 8.56. The first-order valence-corrected chi connectivity index (χ1v) is 18.2. The van der Waals surface area contributed by atoms with Crippen molar-refractivity contribution < 1.29 is 19.5 Å². The molecule has 1 aliphatic carbocycles. The predicted octanol–water partition coefficient (Wildman–Crippen LogP) is 12.4. The summed E-state index contributed by atoms with van der Waals surface area (Å²) < 4.78 is 4.23. The Morgan fingerprint density at radius 1 is 0.628 bits per heavy atom. The van der Waals surface area contributed by atoms with Gasteiger partial charge in [-0.1, -0.05) is 39.5 Å². The van der Waals surface area contributed by atoms with Crippen LogP contribution in [-0.2, 0) is 0 Å². The molecule has 6 nitrogen and oxygen atoms in total. The van der Waals surface area contributed by atoms with Gasteiger partial charge in [0.2, 0.25) is 5.78 Å². The largest absolute Gasteiger partial charge is 0.506 e. The van der Waals surface area contributed by atoms with Gasteiger partial charge >= 0.3 is 0 Å². The fourth-order valence-electron chi connectivity index (χ4n) is 4.68. The van der Waals surface area contributed by atoms with Crippen LogP contribution in [0.5, 0.6) is 0 Å². The number of benzene rings is 3. The van der Waals surface area contributed by atoms with Crippen LogP contribution < -0.4 is 4.90 Å². The lowest BCUT2D eigenvalue weighted by Gasteiger charge is -2.16. The number of carbonyl (C=O) groups excluding carboxylic acids is 3. The molecule has 0 bridgehead atoms. The molecular weight excluding hydrogens is 1080 g/mol. The number of pyridine rings is 1. The van der Waals surface area contributed by atoms with E-state index in [1.165, 1.54) is 0 Å². The Balaban J connectivity index is 0.00000138. The number of hydrogen-bond donors (Lipinski definition) is 1. The van der Waals surface area contributed by atoms with E-state index in [9.17, 15) is 19.5 Å². The molecule has 2 heterocycles. The zero-order chi connectivity index (χ0) is 30.9. The Morgan fingerprint density at radius 3 is 1.60 bits per heavy atom. The number of Topliss-reactive ketones (excluding diaryl/α,β-unsaturated/α-hetero) is 1. The van der Waals surface area contributed by atoms with Crippen molar-refractivity contribution in [2.75, 3.05) is 4.90 Å². The Bertz CT molecular complexity index is 1930. The first kappa shape index (κ1) is 35.1. The van der Waals surface area contributed by atoms with Crippen molar-refractivity contribution in [2.45, 2.75) is 21.3 Å². The molecule has 0 radical (unpaired) electrons. The molecule has 0 saturated carbocycles. The van der Waals surface area contributed by atoms with Gasteiger partial charge in [-0.05, 0) is 140 Å². The van der Waals surface area contributed by atoms with Gasteiger partial charge in [0, 0.05) is 46.7 Å². The number of fused-ring (bicyclic) bond motifs is 3. The molecule has 4 aromatic rings. The van der Waals surface area contributed by atoms with Crippen molar-refractivity contribution in [2.24, 2.45) is 0 Å². The van der Waals surface area contributed by atoms with Gasteiger partial charge in [-0.2, -0.15) is 0 Å². The molecule has 0 atom stereocenters. The van der Waals surface area contributed by atoms with Crippen LogP contribution in [-0.4, -0.2) is 27.7 Å². The third-order valence-electron chi connectivity index (χ3n) is 6.49. The van der Waals surface area contributed by atoms with E-state index in [1.807, 2.05) is 13.8 Å². The van der Waals surface area contributed by atoms with E-state index in [4.69, 9.17) is 4.98 Å². The first-order valence-electron chi connectivity index (χ1n) is 11.9. The van der Waals surface area contributed by atoms with E-state index in [2.05, 4.69) is 127 Å². The number of ketones is 1. The summed E-state index contributed by atoms with van der Waals surface area (Å²) in [5.74, 6) is -1.74. The summed E-state index contributed by atoms with van der Waals surface area (Å²) in [5, 5.41) is 11.9. The lowest BCUT2D eigenvalue weighted by atomic mass is 10.0. The number of halogens is 8. The molecule has 2 amide bonds. The third kappa shape index (κ3) is 5.23. The highest BCUT2D eigenvalue weighted by Gasteiger charge is 2.43. The molecule has 1 N–H and O–H groups in total. The molecule has 0 unspecified atom stereocenters. The summed E-state index contributed by atoms with van der Waals surface area (Å²) in [4.78, 5) is 46.8. The summed E-state index contributed by atoms with van der Waals surface area (Å²) in [6, 6.07) is 8.47. The monoisotopic (exact) mass is 1090 g/mol. The average molecular weight is 1100 g/mol. The normalized spacial score (nSPS) is 13.7. The van der Waals surface area contributed by atoms with E-state index >= 15 is 0 Å². The zero-order valence-electron chi connectivity index (χ0n) is 21.0. The number of rotatable bonds is 2. The lowest BCUT2D eigenvalue weighted by molar-refractivity contribution is 0.0925. The quantitative estimate of drug-likeness (QED) is 0.123. The van der Waals surface area contributed by atoms with Gasteiger partial charge in [0.15, 0.2) is 0 Å². The van der Waals surface area contributed by atoms with Crippen molar-refractivity contribution in [1.82, 2.24) is 4.98 Å². The van der Waals surface area contributed by atoms with Crippen molar-refractivity contribution in [1.29, 1.82) is 0 Å². The number of aliphatic hydroxyl groups is 1. The Labute approximate surface area is 314 Å². The van der Waals surface area contributed by atoms with Crippen LogP contribution >= 0.6 is 127 Å². The molecule has 2 aliphatic rings. The highest BCUT2D eigenvalue weighted by molar-refractivity contribution is 9.15. The van der Waals surface area contributed by atoms with Crippen LogP contribution in [0.3, 0.4) is 0 Å². The second kappa shape index (κ2) is 13.2. The van der Waals surface area contributed by atoms with E-state index in [1.54, 1.807) is 30.3 Å². The van der Waals surface area contributed by atoms with Gasteiger partial charge in [-0.25, -0.2) is 9.88 Å². The van der Waals surface area contributed by atoms with Gasteiger partial charge in [-0.15, -0.1) is 0 Å². The molecule has 0 spiro atoms. The molecule has 6 rings (SSSR count). The number of hydrogen-bond acceptors (Lipinski definition) is 5. The lowest BCUT2D eigenvalue weighted by Crippen LogP contribution is -2.29. The van der Waals surface area contributed by atoms with Gasteiger partial charge in [0.25, 0.3) is 11.8 Å². The standard InChI is InChI=1S/C26H6Br8N2O4.C2H6.CH4/c27-14-10-11(15(28)19(32)18(14)31)24(38)9(23(10)37)7-5-4-6-2-1-3-8(22(6)35-7)36-25(39)12-13(26(36)40)17(30)21(34)20(33)16(12)29;1-2;/h1-5,37H;1-2H3;1H4. The van der Waals surface area contributed by atoms with Crippen LogP contribution in [0.4, 0.5) is 5.69 Å². The van der Waals surface area contributed by atoms with Crippen LogP contribution in [0.15, 0.2) is 66.1 Å². The van der Waals surface area contributed by atoms with Crippen molar-refractivity contribution in [3.63, 3.8) is 0 Å². The van der Waals surface area contributed by atoms with Crippen LogP contribution in [0.2, 0.25) is 0 Å². The van der Waals surface area contributed by atoms with Crippen molar-refractivity contribution >= 4 is 173 Å². The molecular formula is C29H16Br8N2O4. The smallest absolute Gasteiger partial charge is 0.267 e. The molecule has 3 aromatic carbocycles. The molecule has 1 aliphatic heterocycles. The van der Waals surface area contributed by atoms with E-state index in [0.717, 1.165) is 4.90 Å². The third-order valence-corrected chi connectivity index (χ3v) is 16.0. The molecule has 1 aromatic heterocycles. The maximum absolute atomic E-state index is 13.7. The Kier molecular flexibility index (Phi) is 10.8. The van der Waals surface area contributed by atoms with Gasteiger partial charge in [-0.3, -0.25) is 14.4 Å². The van der Waals surface area contributed by atoms with Crippen molar-refractivity contribution in [3.05, 3.63) is 94.1 Å². The van der Waals surface area contributed by atoms with Crippen LogP contribution in [0, 0.1) is 0 Å². The molecule has 14 heteroatoms. The number of carbonyl (C=O) groups is 3. The molecule has 0 saturated heterocycles. The number of imide groups is 1. The van der Waals surface area contributed by atoms with E-state index < -0.39 is 17.6 Å². The summed E-state index contributed by atoms with van der Waals surface area (Å²) in [6.07, 6.45) is 0. The summed E-state index contributed by atoms with van der Waals surface area (Å²) in [7, 11) is 0. The number of allylic oxidation sites excluding steroid dienone is 1. The van der Waals surface area contributed by atoms with Crippen LogP contribution in [0.25, 0.3) is 22.2 Å². The van der Waals surface area contributed by atoms with Crippen LogP contribution in [0.1, 0.15) is 63.6 Å². The highest BCUT2D eigenvalue weighted by atomic mass is 79.9. The first-order chi connectivity index (χ1) is 19.9. The average Bonchev–Trinajstić information content (AvgIpc) is 3.41. The maximum atomic E-state index is 13.7. The Hall–Kier alpha value is -0.740. The number of para-hydroxylation sites is 1. The SMILES string of the molecule is C.CC.O=C1C(c2ccc3cccc(N4C(=O)c5c(Br)c(Br)c(Br)c(Br)c5C4=O)c3n2)=C(O)c2c(Br)c(Br)c(Br)c(Br)c21. The molecule has 222 valence electrons. The van der Waals surface area contributed by atoms with Gasteiger partial charge in [0.1, 0.15) is 5.76 Å². The summed E-state index contributed by atoms with van der Waals surface area (Å²) in [6.45, 7) is 4.00. The molecule has 43 heavy (non-hydrogen) atoms. The number of amides is 2. The van der Waals surface area contributed by atoms with Crippen molar-refractivity contribution in [3.8, 4) is 0 Å². The minimum Gasteiger partial charge on any atom is -0.506 e.